The monoisotopic (exact) mass is 418 g/mol. The van der Waals surface area contributed by atoms with Gasteiger partial charge in [-0.2, -0.15) is 0 Å². The maximum absolute atomic E-state index is 12.3. The van der Waals surface area contributed by atoms with Gasteiger partial charge in [-0.05, 0) is 67.1 Å². The predicted octanol–water partition coefficient (Wildman–Crippen LogP) is 5.50. The van der Waals surface area contributed by atoms with Crippen LogP contribution in [-0.2, 0) is 22.6 Å². The Morgan fingerprint density at radius 3 is 2.57 bits per heavy atom. The van der Waals surface area contributed by atoms with Gasteiger partial charge in [0.25, 0.3) is 0 Å². The minimum atomic E-state index is -4.72. The van der Waals surface area contributed by atoms with Crippen LogP contribution in [0.15, 0.2) is 42.5 Å². The average molecular weight is 418 g/mol. The Labute approximate surface area is 172 Å². The standard InChI is InChI=1S/C23H21F3O4/c1-12-10-19(28-11-15-4-6-16(7-5-15)30-23(24,25)26)14(3)20-17(12)8-9-18-13(2)22(27)29-21(18)20/h4-7,10,18,21H,2,8-9,11H2,1,3H3. The van der Waals surface area contributed by atoms with Gasteiger partial charge in [-0.15, -0.1) is 13.2 Å². The van der Waals surface area contributed by atoms with Gasteiger partial charge >= 0.3 is 12.3 Å². The molecule has 2 unspecified atom stereocenters. The third kappa shape index (κ3) is 3.76. The second-order valence-corrected chi connectivity index (χ2v) is 7.69. The van der Waals surface area contributed by atoms with Crippen molar-refractivity contribution in [2.45, 2.75) is 45.8 Å². The van der Waals surface area contributed by atoms with E-state index in [1.807, 2.05) is 19.9 Å². The highest BCUT2D eigenvalue weighted by Crippen LogP contribution is 2.49. The number of benzene rings is 2. The largest absolute Gasteiger partial charge is 0.573 e. The van der Waals surface area contributed by atoms with E-state index in [0.717, 1.165) is 29.5 Å². The van der Waals surface area contributed by atoms with E-state index in [1.54, 1.807) is 0 Å². The van der Waals surface area contributed by atoms with Crippen molar-refractivity contribution in [2.24, 2.45) is 5.92 Å². The van der Waals surface area contributed by atoms with Crippen LogP contribution in [0.25, 0.3) is 0 Å². The zero-order valence-corrected chi connectivity index (χ0v) is 16.6. The minimum Gasteiger partial charge on any atom is -0.489 e. The number of hydrogen-bond donors (Lipinski definition) is 0. The zero-order chi connectivity index (χ0) is 21.6. The van der Waals surface area contributed by atoms with E-state index < -0.39 is 6.36 Å². The van der Waals surface area contributed by atoms with Crippen molar-refractivity contribution in [2.75, 3.05) is 0 Å². The number of fused-ring (bicyclic) bond motifs is 3. The van der Waals surface area contributed by atoms with Crippen molar-refractivity contribution in [3.8, 4) is 11.5 Å². The lowest BCUT2D eigenvalue weighted by molar-refractivity contribution is -0.274. The molecule has 1 saturated heterocycles. The maximum atomic E-state index is 12.3. The van der Waals surface area contributed by atoms with Crippen LogP contribution in [0.1, 0.15) is 40.3 Å². The van der Waals surface area contributed by atoms with Crippen LogP contribution >= 0.6 is 0 Å². The number of ether oxygens (including phenoxy) is 3. The van der Waals surface area contributed by atoms with Crippen LogP contribution in [0.5, 0.6) is 11.5 Å². The second-order valence-electron chi connectivity index (χ2n) is 7.69. The second kappa shape index (κ2) is 7.38. The summed E-state index contributed by atoms with van der Waals surface area (Å²) in [6.45, 7) is 8.01. The molecule has 158 valence electrons. The Bertz CT molecular complexity index is 1010. The molecule has 0 amide bonds. The first kappa shape index (κ1) is 20.3. The lowest BCUT2D eigenvalue weighted by atomic mass is 9.76. The fourth-order valence-corrected chi connectivity index (χ4v) is 4.27. The van der Waals surface area contributed by atoms with Gasteiger partial charge in [-0.1, -0.05) is 18.7 Å². The van der Waals surface area contributed by atoms with Crippen molar-refractivity contribution >= 4 is 5.97 Å². The maximum Gasteiger partial charge on any atom is 0.573 e. The lowest BCUT2D eigenvalue weighted by Crippen LogP contribution is -2.20. The van der Waals surface area contributed by atoms with Gasteiger partial charge in [0.15, 0.2) is 0 Å². The van der Waals surface area contributed by atoms with Crippen molar-refractivity contribution in [1.29, 1.82) is 0 Å². The van der Waals surface area contributed by atoms with Crippen LogP contribution in [0.2, 0.25) is 0 Å². The summed E-state index contributed by atoms with van der Waals surface area (Å²) in [5.41, 5.74) is 5.36. The molecule has 0 N–H and O–H groups in total. The Morgan fingerprint density at radius 1 is 1.20 bits per heavy atom. The number of carbonyl (C=O) groups is 1. The molecule has 30 heavy (non-hydrogen) atoms. The average Bonchev–Trinajstić information content (AvgIpc) is 2.97. The highest BCUT2D eigenvalue weighted by molar-refractivity contribution is 5.91. The molecule has 0 radical (unpaired) electrons. The van der Waals surface area contributed by atoms with Gasteiger partial charge in [0.2, 0.25) is 0 Å². The summed E-state index contributed by atoms with van der Waals surface area (Å²) in [5.74, 6) is 0.0272. The Hall–Kier alpha value is -2.96. The summed E-state index contributed by atoms with van der Waals surface area (Å²) < 4.78 is 52.3. The van der Waals surface area contributed by atoms with E-state index in [0.29, 0.717) is 16.9 Å². The molecular weight excluding hydrogens is 397 g/mol. The van der Waals surface area contributed by atoms with E-state index in [1.165, 1.54) is 29.8 Å². The molecule has 1 aliphatic heterocycles. The molecule has 0 aromatic heterocycles. The fraction of sp³-hybridized carbons (Fsp3) is 0.348. The van der Waals surface area contributed by atoms with Crippen molar-refractivity contribution < 1.29 is 32.2 Å². The van der Waals surface area contributed by atoms with Gasteiger partial charge in [-0.3, -0.25) is 0 Å². The first-order valence-electron chi connectivity index (χ1n) is 9.64. The van der Waals surface area contributed by atoms with Crippen LogP contribution in [-0.4, -0.2) is 12.3 Å². The van der Waals surface area contributed by atoms with Crippen LogP contribution in [0, 0.1) is 19.8 Å². The van der Waals surface area contributed by atoms with E-state index in [-0.39, 0.29) is 30.3 Å². The van der Waals surface area contributed by atoms with Crippen molar-refractivity contribution in [3.05, 3.63) is 70.3 Å². The molecule has 2 aliphatic rings. The first-order chi connectivity index (χ1) is 14.1. The van der Waals surface area contributed by atoms with Gasteiger partial charge in [0.05, 0.1) is 0 Å². The molecule has 1 fully saturated rings. The molecule has 4 rings (SSSR count). The molecule has 2 aromatic rings. The Balaban J connectivity index is 1.55. The Kier molecular flexibility index (Phi) is 5.00. The number of esters is 1. The molecule has 0 saturated carbocycles. The summed E-state index contributed by atoms with van der Waals surface area (Å²) >= 11 is 0. The molecule has 1 aliphatic carbocycles. The van der Waals surface area contributed by atoms with Gasteiger partial charge in [-0.25, -0.2) is 4.79 Å². The van der Waals surface area contributed by atoms with Crippen LogP contribution < -0.4 is 9.47 Å². The highest BCUT2D eigenvalue weighted by atomic mass is 19.4. The van der Waals surface area contributed by atoms with E-state index >= 15 is 0 Å². The summed E-state index contributed by atoms with van der Waals surface area (Å²) in [6, 6.07) is 7.53. The number of halogens is 3. The number of hydrogen-bond acceptors (Lipinski definition) is 4. The molecule has 1 heterocycles. The third-order valence-corrected chi connectivity index (χ3v) is 5.77. The number of rotatable bonds is 4. The molecule has 7 heteroatoms. The van der Waals surface area contributed by atoms with Gasteiger partial charge < -0.3 is 14.2 Å². The van der Waals surface area contributed by atoms with E-state index in [4.69, 9.17) is 9.47 Å². The topological polar surface area (TPSA) is 44.8 Å². The molecule has 2 atom stereocenters. The van der Waals surface area contributed by atoms with Crippen molar-refractivity contribution in [3.63, 3.8) is 0 Å². The number of aryl methyl sites for hydroxylation is 1. The quantitative estimate of drug-likeness (QED) is 0.486. The normalized spacial score (nSPS) is 20.4. The third-order valence-electron chi connectivity index (χ3n) is 5.77. The van der Waals surface area contributed by atoms with Gasteiger partial charge in [0.1, 0.15) is 24.2 Å². The minimum absolute atomic E-state index is 0.0143. The predicted molar refractivity (Wildman–Crippen MR) is 103 cm³/mol. The zero-order valence-electron chi connectivity index (χ0n) is 16.6. The Morgan fingerprint density at radius 2 is 1.90 bits per heavy atom. The summed E-state index contributed by atoms with van der Waals surface area (Å²) in [7, 11) is 0. The van der Waals surface area contributed by atoms with E-state index in [2.05, 4.69) is 11.3 Å². The molecule has 2 aromatic carbocycles. The van der Waals surface area contributed by atoms with Crippen molar-refractivity contribution in [1.82, 2.24) is 0 Å². The smallest absolute Gasteiger partial charge is 0.489 e. The molecular formula is C23H21F3O4. The number of carbonyl (C=O) groups excluding carboxylic acids is 1. The van der Waals surface area contributed by atoms with Crippen LogP contribution in [0.4, 0.5) is 13.2 Å². The van der Waals surface area contributed by atoms with E-state index in [9.17, 15) is 18.0 Å². The SMILES string of the molecule is C=C1C(=O)OC2c3c(C)c(OCc4ccc(OC(F)(F)F)cc4)cc(C)c3CCC12. The molecule has 4 nitrogen and oxygen atoms in total. The summed E-state index contributed by atoms with van der Waals surface area (Å²) in [6.07, 6.45) is -3.38. The lowest BCUT2D eigenvalue weighted by Gasteiger charge is -2.30. The molecule has 0 spiro atoms. The van der Waals surface area contributed by atoms with Gasteiger partial charge in [0, 0.05) is 17.1 Å². The summed E-state index contributed by atoms with van der Waals surface area (Å²) in [5, 5.41) is 0. The first-order valence-corrected chi connectivity index (χ1v) is 9.64. The number of alkyl halides is 3. The van der Waals surface area contributed by atoms with Crippen LogP contribution in [0.3, 0.4) is 0 Å². The fourth-order valence-electron chi connectivity index (χ4n) is 4.27. The highest BCUT2D eigenvalue weighted by Gasteiger charge is 2.44. The summed E-state index contributed by atoms with van der Waals surface area (Å²) in [4.78, 5) is 12.0. The molecule has 0 bridgehead atoms.